The van der Waals surface area contributed by atoms with Gasteiger partial charge in [0.2, 0.25) is 0 Å². The Kier molecular flexibility index (Phi) is 9.65. The Labute approximate surface area is 188 Å². The van der Waals surface area contributed by atoms with Crippen molar-refractivity contribution in [1.82, 2.24) is 0 Å². The molecule has 0 aromatic heterocycles. The fourth-order valence-corrected chi connectivity index (χ4v) is 4.83. The Morgan fingerprint density at radius 3 is 2.21 bits per heavy atom. The monoisotopic (exact) mass is 473 g/mol. The van der Waals surface area contributed by atoms with E-state index in [0.29, 0.717) is 14.3 Å². The van der Waals surface area contributed by atoms with E-state index in [9.17, 15) is 5.11 Å². The first kappa shape index (κ1) is 24.0. The number of para-hydroxylation sites is 1. The van der Waals surface area contributed by atoms with E-state index in [1.54, 1.807) is 0 Å². The number of nitrogens with zero attached hydrogens (tertiary/aromatic N) is 1. The first-order chi connectivity index (χ1) is 13.3. The molecule has 1 atom stereocenters. The van der Waals surface area contributed by atoms with Crippen LogP contribution >= 0.6 is 27.2 Å². The Morgan fingerprint density at radius 2 is 1.61 bits per heavy atom. The molecule has 0 amide bonds. The van der Waals surface area contributed by atoms with Crippen molar-refractivity contribution in [3.05, 3.63) is 47.5 Å². The van der Waals surface area contributed by atoms with Crippen LogP contribution in [0.3, 0.4) is 0 Å². The molecule has 0 saturated carbocycles. The second-order valence-corrected chi connectivity index (χ2v) is 12.1. The predicted molar refractivity (Wildman–Crippen MR) is 123 cm³/mol. The summed E-state index contributed by atoms with van der Waals surface area (Å²) in [6.45, 7) is 11.0. The Hall–Kier alpha value is -0.236. The number of aromatic hydroxyl groups is 1. The molecule has 1 aliphatic heterocycles. The van der Waals surface area contributed by atoms with E-state index in [0.717, 1.165) is 24.0 Å². The molecule has 2 nitrogen and oxygen atoms in total. The molecule has 28 heavy (non-hydrogen) atoms. The summed E-state index contributed by atoms with van der Waals surface area (Å²) in [7, 11) is 10.3. The molecular weight excluding hydrogens is 444 g/mol. The first-order valence-electron chi connectivity index (χ1n) is 9.69. The second kappa shape index (κ2) is 11.2. The zero-order valence-corrected chi connectivity index (χ0v) is 21.2. The number of halogens is 2. The first-order valence-corrected chi connectivity index (χ1v) is 15.0. The van der Waals surface area contributed by atoms with Gasteiger partial charge in [0.05, 0.1) is 0 Å². The van der Waals surface area contributed by atoms with Gasteiger partial charge in [-0.25, -0.2) is 0 Å². The normalized spacial score (nSPS) is 14.7. The number of piperidine rings is 1. The van der Waals surface area contributed by atoms with Crippen LogP contribution in [0.5, 0.6) is 5.75 Å². The van der Waals surface area contributed by atoms with Gasteiger partial charge < -0.3 is 10.0 Å². The summed E-state index contributed by atoms with van der Waals surface area (Å²) in [5, 5.41) is 13.0. The van der Waals surface area contributed by atoms with Crippen LogP contribution in [0, 0.1) is 6.92 Å². The quantitative estimate of drug-likeness (QED) is 0.436. The van der Waals surface area contributed by atoms with Gasteiger partial charge in [0.15, 0.2) is 0 Å². The van der Waals surface area contributed by atoms with E-state index in [1.165, 1.54) is 35.8 Å². The van der Waals surface area contributed by atoms with Gasteiger partial charge in [-0.2, -0.15) is 0 Å². The Balaban J connectivity index is 0.000000878. The topological polar surface area (TPSA) is 23.5 Å². The second-order valence-electron chi connectivity index (χ2n) is 8.20. The summed E-state index contributed by atoms with van der Waals surface area (Å²) < 4.78 is 0. The van der Waals surface area contributed by atoms with Crippen molar-refractivity contribution >= 4 is 43.5 Å². The zero-order valence-electron chi connectivity index (χ0n) is 17.1. The molecule has 1 N–H and O–H groups in total. The summed E-state index contributed by atoms with van der Waals surface area (Å²) in [5.41, 5.74) is 3.70. The third-order valence-electron chi connectivity index (χ3n) is 5.04. The van der Waals surface area contributed by atoms with E-state index in [1.807, 2.05) is 6.92 Å². The number of phenolic OH excluding ortho intramolecular Hbond substituents is 1. The summed E-state index contributed by atoms with van der Waals surface area (Å²) >= 11 is -0.556. The van der Waals surface area contributed by atoms with Crippen molar-refractivity contribution in [3.8, 4) is 5.75 Å². The number of anilines is 1. The molecule has 0 bridgehead atoms. The minimum absolute atomic E-state index is 0.0874. The van der Waals surface area contributed by atoms with Gasteiger partial charge in [-0.05, 0) is 54.9 Å². The van der Waals surface area contributed by atoms with E-state index in [2.05, 4.69) is 62.1 Å². The van der Waals surface area contributed by atoms with Crippen LogP contribution in [0.4, 0.5) is 5.69 Å². The Morgan fingerprint density at radius 1 is 1.00 bits per heavy atom. The average Bonchev–Trinajstić information content (AvgIpc) is 2.66. The number of rotatable bonds is 3. The molecule has 1 fully saturated rings. The van der Waals surface area contributed by atoms with Crippen LogP contribution in [0.2, 0.25) is 0 Å². The molecule has 0 spiro atoms. The van der Waals surface area contributed by atoms with Crippen LogP contribution in [0.25, 0.3) is 0 Å². The number of hydrogen-bond donors (Lipinski definition) is 1. The standard InChI is InChI=1S/C22H30NOP.2ClH.Ti/c1-16-14-17(22(2,3)4)15-20(21(16)24)25-19-11-7-6-10-18(19)23-12-8-5-9-13-23;;;/h6-7,10-11,14-15,24-25H,5,8-9,12-13H2,1-4H3;2*1H;/q;;;+2/p-2. The van der Waals surface area contributed by atoms with Crippen molar-refractivity contribution in [2.45, 2.75) is 52.4 Å². The van der Waals surface area contributed by atoms with E-state index in [-0.39, 0.29) is 5.41 Å². The van der Waals surface area contributed by atoms with Crippen LogP contribution in [-0.2, 0) is 22.4 Å². The maximum absolute atomic E-state index is 10.6. The average molecular weight is 474 g/mol. The molecule has 1 unspecified atom stereocenters. The van der Waals surface area contributed by atoms with Gasteiger partial charge >= 0.3 is 35.6 Å². The molecule has 3 rings (SSSR count). The number of hydrogen-bond acceptors (Lipinski definition) is 2. The van der Waals surface area contributed by atoms with E-state index in [4.69, 9.17) is 18.6 Å². The van der Waals surface area contributed by atoms with Gasteiger partial charge in [-0.1, -0.05) is 53.6 Å². The van der Waals surface area contributed by atoms with Gasteiger partial charge in [-0.15, -0.1) is 0 Å². The van der Waals surface area contributed by atoms with Gasteiger partial charge in [0.25, 0.3) is 0 Å². The number of benzene rings is 2. The van der Waals surface area contributed by atoms with Crippen LogP contribution in [0.15, 0.2) is 36.4 Å². The molecule has 1 saturated heterocycles. The molecule has 6 heteroatoms. The van der Waals surface area contributed by atoms with Crippen molar-refractivity contribution in [3.63, 3.8) is 0 Å². The van der Waals surface area contributed by atoms with Crippen molar-refractivity contribution in [2.75, 3.05) is 18.0 Å². The predicted octanol–water partition coefficient (Wildman–Crippen LogP) is 5.99. The third kappa shape index (κ3) is 6.64. The summed E-state index contributed by atoms with van der Waals surface area (Å²) in [4.78, 5) is 2.52. The van der Waals surface area contributed by atoms with Crippen LogP contribution < -0.4 is 15.5 Å². The maximum atomic E-state index is 10.6. The molecular formula is C22H30Cl2NOPTi. The summed E-state index contributed by atoms with van der Waals surface area (Å²) in [6, 6.07) is 13.0. The minimum atomic E-state index is -0.556. The van der Waals surface area contributed by atoms with Gasteiger partial charge in [0, 0.05) is 29.4 Å². The van der Waals surface area contributed by atoms with Gasteiger partial charge in [-0.3, -0.25) is 0 Å². The third-order valence-corrected chi connectivity index (χ3v) is 6.38. The van der Waals surface area contributed by atoms with Crippen LogP contribution in [-0.4, -0.2) is 18.2 Å². The molecule has 1 heterocycles. The SMILES string of the molecule is Cc1cc(C(C)(C)C)cc(Pc2ccccc2N2CCCCC2)c1O.[Cl][Ti][Cl]. The summed E-state index contributed by atoms with van der Waals surface area (Å²) in [5.74, 6) is 0.458. The number of phenols is 1. The molecule has 0 aliphatic carbocycles. The number of aryl methyl sites for hydroxylation is 1. The van der Waals surface area contributed by atoms with Gasteiger partial charge in [0.1, 0.15) is 5.75 Å². The fraction of sp³-hybridized carbons (Fsp3) is 0.455. The molecule has 0 radical (unpaired) electrons. The van der Waals surface area contributed by atoms with Crippen molar-refractivity contribution in [2.24, 2.45) is 0 Å². The van der Waals surface area contributed by atoms with E-state index < -0.39 is 17.0 Å². The van der Waals surface area contributed by atoms with Crippen molar-refractivity contribution in [1.29, 1.82) is 0 Å². The fourth-order valence-electron chi connectivity index (χ4n) is 3.44. The zero-order chi connectivity index (χ0) is 20.7. The van der Waals surface area contributed by atoms with Crippen LogP contribution in [0.1, 0.15) is 51.2 Å². The van der Waals surface area contributed by atoms with Crippen molar-refractivity contribution < 1.29 is 22.1 Å². The summed E-state index contributed by atoms with van der Waals surface area (Å²) in [6.07, 6.45) is 3.90. The molecule has 2 aromatic rings. The molecule has 152 valence electrons. The molecule has 2 aromatic carbocycles. The molecule has 1 aliphatic rings. The Bertz CT molecular complexity index is 774. The van der Waals surface area contributed by atoms with E-state index >= 15 is 0 Å².